The quantitative estimate of drug-likeness (QED) is 0.237. The van der Waals surface area contributed by atoms with Crippen molar-refractivity contribution in [3.63, 3.8) is 0 Å². The molecule has 1 nitrogen and oxygen atoms in total. The van der Waals surface area contributed by atoms with Gasteiger partial charge in [0.2, 0.25) is 0 Å². The molecule has 0 amide bonds. The Bertz CT molecular complexity index is 1960. The molecule has 1 aliphatic rings. The van der Waals surface area contributed by atoms with Crippen molar-refractivity contribution < 1.29 is 0 Å². The van der Waals surface area contributed by atoms with E-state index >= 15 is 0 Å². The topological polar surface area (TPSA) is 12.9 Å². The van der Waals surface area contributed by atoms with E-state index in [-0.39, 0.29) is 0 Å². The molecule has 1 aliphatic carbocycles. The molecule has 0 radical (unpaired) electrons. The van der Waals surface area contributed by atoms with Crippen LogP contribution in [0, 0.1) is 0 Å². The van der Waals surface area contributed by atoms with Crippen LogP contribution in [-0.4, -0.2) is 4.98 Å². The molecule has 0 bridgehead atoms. The molecule has 0 saturated carbocycles. The molecule has 0 spiro atoms. The molecule has 34 heavy (non-hydrogen) atoms. The number of rotatable bonds is 1. The van der Waals surface area contributed by atoms with Gasteiger partial charge in [0.1, 0.15) is 0 Å². The fourth-order valence-electron chi connectivity index (χ4n) is 5.89. The van der Waals surface area contributed by atoms with Crippen molar-refractivity contribution in [2.24, 2.45) is 0 Å². The highest BCUT2D eigenvalue weighted by molar-refractivity contribution is 6.28. The third-order valence-corrected chi connectivity index (χ3v) is 7.41. The van der Waals surface area contributed by atoms with Gasteiger partial charge in [-0.05, 0) is 78.2 Å². The summed E-state index contributed by atoms with van der Waals surface area (Å²) < 4.78 is 0. The van der Waals surface area contributed by atoms with E-state index in [0.29, 0.717) is 0 Å². The second-order valence-corrected chi connectivity index (χ2v) is 9.18. The summed E-state index contributed by atoms with van der Waals surface area (Å²) in [7, 11) is 0. The Kier molecular flexibility index (Phi) is 3.45. The van der Waals surface area contributed by atoms with Crippen LogP contribution in [0.2, 0.25) is 0 Å². The zero-order valence-electron chi connectivity index (χ0n) is 18.4. The Hall–Kier alpha value is -4.49. The van der Waals surface area contributed by atoms with E-state index in [1.165, 1.54) is 70.9 Å². The van der Waals surface area contributed by atoms with Crippen LogP contribution in [0.25, 0.3) is 76.6 Å². The van der Waals surface area contributed by atoms with E-state index in [2.05, 4.69) is 109 Å². The first-order chi connectivity index (χ1) is 16.9. The lowest BCUT2D eigenvalue weighted by Gasteiger charge is -2.14. The van der Waals surface area contributed by atoms with Gasteiger partial charge in [0.05, 0.1) is 5.69 Å². The third-order valence-electron chi connectivity index (χ3n) is 7.41. The van der Waals surface area contributed by atoms with Crippen LogP contribution in [0.15, 0.2) is 115 Å². The van der Waals surface area contributed by atoms with Crippen molar-refractivity contribution in [3.05, 3.63) is 115 Å². The smallest absolute Gasteiger partial charge is 0.0714 e. The lowest BCUT2D eigenvalue weighted by molar-refractivity contribution is 1.37. The number of benzene rings is 6. The normalized spacial score (nSPS) is 12.1. The molecule has 7 aromatic rings. The van der Waals surface area contributed by atoms with Gasteiger partial charge in [0.25, 0.3) is 0 Å². The van der Waals surface area contributed by atoms with Crippen molar-refractivity contribution in [2.45, 2.75) is 0 Å². The van der Waals surface area contributed by atoms with Crippen LogP contribution in [0.3, 0.4) is 0 Å². The highest BCUT2D eigenvalue weighted by Gasteiger charge is 2.23. The van der Waals surface area contributed by atoms with Crippen molar-refractivity contribution >= 4 is 43.1 Å². The van der Waals surface area contributed by atoms with Gasteiger partial charge in [-0.1, -0.05) is 91.0 Å². The lowest BCUT2D eigenvalue weighted by Crippen LogP contribution is -1.89. The van der Waals surface area contributed by atoms with Gasteiger partial charge >= 0.3 is 0 Å². The number of pyridine rings is 1. The Balaban J connectivity index is 1.54. The Morgan fingerprint density at radius 3 is 1.88 bits per heavy atom. The molecule has 0 fully saturated rings. The molecule has 1 aromatic heterocycles. The maximum atomic E-state index is 4.89. The minimum Gasteiger partial charge on any atom is -0.256 e. The minimum absolute atomic E-state index is 1.02. The zero-order chi connectivity index (χ0) is 22.2. The second kappa shape index (κ2) is 6.52. The summed E-state index contributed by atoms with van der Waals surface area (Å²) in [6.07, 6.45) is 1.99. The van der Waals surface area contributed by atoms with Crippen molar-refractivity contribution in [1.82, 2.24) is 4.98 Å². The van der Waals surface area contributed by atoms with Gasteiger partial charge in [0, 0.05) is 17.1 Å². The molecular weight excluding hydrogens is 410 g/mol. The highest BCUT2D eigenvalue weighted by atomic mass is 14.7. The Morgan fingerprint density at radius 1 is 0.382 bits per heavy atom. The van der Waals surface area contributed by atoms with Crippen LogP contribution in [0.1, 0.15) is 0 Å². The van der Waals surface area contributed by atoms with E-state index < -0.39 is 0 Å². The van der Waals surface area contributed by atoms with Gasteiger partial charge < -0.3 is 0 Å². The molecule has 0 aliphatic heterocycles. The largest absolute Gasteiger partial charge is 0.256 e. The first kappa shape index (κ1) is 18.0. The summed E-state index contributed by atoms with van der Waals surface area (Å²) in [4.78, 5) is 4.89. The highest BCUT2D eigenvalue weighted by Crippen LogP contribution is 2.50. The molecule has 0 unspecified atom stereocenters. The number of hydrogen-bond acceptors (Lipinski definition) is 1. The van der Waals surface area contributed by atoms with Crippen molar-refractivity contribution in [1.29, 1.82) is 0 Å². The van der Waals surface area contributed by atoms with Crippen LogP contribution >= 0.6 is 0 Å². The molecule has 0 atom stereocenters. The SMILES string of the molecule is c1ccc2c(c1)-c1cccc3c1c-2cc1c2ccccc2c(-c2cc4ccccc4cn2)cc31. The van der Waals surface area contributed by atoms with Crippen molar-refractivity contribution in [2.75, 3.05) is 0 Å². The average molecular weight is 430 g/mol. The van der Waals surface area contributed by atoms with Gasteiger partial charge in [0.15, 0.2) is 0 Å². The number of hydrogen-bond donors (Lipinski definition) is 0. The van der Waals surface area contributed by atoms with E-state index in [1.54, 1.807) is 0 Å². The predicted octanol–water partition coefficient (Wildman–Crippen LogP) is 9.01. The summed E-state index contributed by atoms with van der Waals surface area (Å²) >= 11 is 0. The van der Waals surface area contributed by atoms with Crippen LogP contribution < -0.4 is 0 Å². The summed E-state index contributed by atoms with van der Waals surface area (Å²) in [5.74, 6) is 0. The standard InChI is InChI=1S/C33H19N/c1-2-9-21-19-34-32(16-20(21)8-1)30-17-29-27-15-7-14-26-22-10-3-6-13-25(22)31(33(26)27)18-28(29)23-11-4-5-12-24(23)30/h1-19H. The maximum Gasteiger partial charge on any atom is 0.0714 e. The average Bonchev–Trinajstić information content (AvgIpc) is 3.23. The monoisotopic (exact) mass is 429 g/mol. The van der Waals surface area contributed by atoms with E-state index in [1.807, 2.05) is 6.20 Å². The van der Waals surface area contributed by atoms with Crippen LogP contribution in [0.4, 0.5) is 0 Å². The zero-order valence-corrected chi connectivity index (χ0v) is 18.4. The molecule has 1 heteroatoms. The first-order valence-corrected chi connectivity index (χ1v) is 11.7. The molecule has 1 heterocycles. The van der Waals surface area contributed by atoms with Crippen LogP contribution in [-0.2, 0) is 0 Å². The number of fused-ring (bicyclic) bond motifs is 8. The Labute approximate surface area is 196 Å². The molecule has 0 saturated heterocycles. The molecular formula is C33H19N. The molecule has 0 N–H and O–H groups in total. The maximum absolute atomic E-state index is 4.89. The molecule has 156 valence electrons. The summed E-state index contributed by atoms with van der Waals surface area (Å²) in [5.41, 5.74) is 7.55. The van der Waals surface area contributed by atoms with E-state index in [0.717, 1.165) is 5.69 Å². The van der Waals surface area contributed by atoms with Gasteiger partial charge in [-0.2, -0.15) is 0 Å². The minimum atomic E-state index is 1.02. The van der Waals surface area contributed by atoms with Gasteiger partial charge in [-0.25, -0.2) is 0 Å². The Morgan fingerprint density at radius 2 is 1.00 bits per heavy atom. The number of aromatic nitrogens is 1. The van der Waals surface area contributed by atoms with Gasteiger partial charge in [-0.3, -0.25) is 4.98 Å². The molecule has 6 aromatic carbocycles. The summed E-state index contributed by atoms with van der Waals surface area (Å²) in [6.45, 7) is 0. The van der Waals surface area contributed by atoms with E-state index in [9.17, 15) is 0 Å². The number of nitrogens with zero attached hydrogens (tertiary/aromatic N) is 1. The fraction of sp³-hybridized carbons (Fsp3) is 0. The third kappa shape index (κ3) is 2.31. The van der Waals surface area contributed by atoms with Crippen molar-refractivity contribution in [3.8, 4) is 33.5 Å². The summed E-state index contributed by atoms with van der Waals surface area (Å²) in [6, 6.07) is 39.7. The van der Waals surface area contributed by atoms with Crippen LogP contribution in [0.5, 0.6) is 0 Å². The molecule has 8 rings (SSSR count). The van der Waals surface area contributed by atoms with E-state index in [4.69, 9.17) is 4.98 Å². The van der Waals surface area contributed by atoms with Gasteiger partial charge in [-0.15, -0.1) is 0 Å². The summed E-state index contributed by atoms with van der Waals surface area (Å²) in [5, 5.41) is 10.2. The predicted molar refractivity (Wildman–Crippen MR) is 144 cm³/mol. The lowest BCUT2D eigenvalue weighted by atomic mass is 9.90. The second-order valence-electron chi connectivity index (χ2n) is 9.18. The first-order valence-electron chi connectivity index (χ1n) is 11.7. The fourth-order valence-corrected chi connectivity index (χ4v) is 5.89.